The fourth-order valence-electron chi connectivity index (χ4n) is 2.55. The van der Waals surface area contributed by atoms with E-state index in [2.05, 4.69) is 4.98 Å². The molecule has 1 heterocycles. The number of nitrogens with zero attached hydrogens (tertiary/aromatic N) is 1. The Morgan fingerprint density at radius 1 is 1.07 bits per heavy atom. The van der Waals surface area contributed by atoms with Gasteiger partial charge in [0.1, 0.15) is 5.75 Å². The van der Waals surface area contributed by atoms with Crippen LogP contribution in [0, 0.1) is 6.92 Å². The standard InChI is InChI=1S/C21H19NO4S2/c1-14-22-15(12-27-14)13-28-20-10-6-4-8-17(20)21(24)26-11-18(23)16-7-3-5-9-19(16)25-2/h3-10,12H,11,13H2,1-2H3. The third-order valence-electron chi connectivity index (χ3n) is 3.89. The van der Waals surface area contributed by atoms with E-state index in [0.717, 1.165) is 15.6 Å². The van der Waals surface area contributed by atoms with Gasteiger partial charge in [0.2, 0.25) is 5.78 Å². The van der Waals surface area contributed by atoms with Gasteiger partial charge in [-0.15, -0.1) is 23.1 Å². The maximum atomic E-state index is 12.5. The molecule has 3 aromatic rings. The van der Waals surface area contributed by atoms with Gasteiger partial charge < -0.3 is 9.47 Å². The highest BCUT2D eigenvalue weighted by molar-refractivity contribution is 7.98. The van der Waals surface area contributed by atoms with Gasteiger partial charge in [-0.25, -0.2) is 9.78 Å². The lowest BCUT2D eigenvalue weighted by molar-refractivity contribution is 0.0470. The summed E-state index contributed by atoms with van der Waals surface area (Å²) in [5.74, 6) is 0.280. The molecule has 0 saturated heterocycles. The zero-order valence-corrected chi connectivity index (χ0v) is 17.1. The highest BCUT2D eigenvalue weighted by Crippen LogP contribution is 2.27. The fourth-order valence-corrected chi connectivity index (χ4v) is 4.20. The number of carbonyl (C=O) groups excluding carboxylic acids is 2. The number of esters is 1. The predicted octanol–water partition coefficient (Wildman–Crippen LogP) is 4.79. The molecule has 0 fully saturated rings. The zero-order valence-electron chi connectivity index (χ0n) is 15.5. The van der Waals surface area contributed by atoms with Crippen molar-refractivity contribution in [2.45, 2.75) is 17.6 Å². The third kappa shape index (κ3) is 4.99. The van der Waals surface area contributed by atoms with Crippen molar-refractivity contribution in [1.82, 2.24) is 4.98 Å². The number of thioether (sulfide) groups is 1. The van der Waals surface area contributed by atoms with E-state index in [1.54, 1.807) is 47.7 Å². The summed E-state index contributed by atoms with van der Waals surface area (Å²) in [6.07, 6.45) is 0. The Morgan fingerprint density at radius 2 is 1.79 bits per heavy atom. The molecule has 0 aliphatic heterocycles. The molecule has 0 aliphatic carbocycles. The van der Waals surface area contributed by atoms with Crippen molar-refractivity contribution in [2.75, 3.05) is 13.7 Å². The van der Waals surface area contributed by atoms with Crippen LogP contribution in [0.25, 0.3) is 0 Å². The molecule has 144 valence electrons. The third-order valence-corrected chi connectivity index (χ3v) is 5.82. The van der Waals surface area contributed by atoms with Gasteiger partial charge in [-0.1, -0.05) is 24.3 Å². The molecule has 0 spiro atoms. The first kappa shape index (κ1) is 20.1. The van der Waals surface area contributed by atoms with Crippen LogP contribution in [0.2, 0.25) is 0 Å². The summed E-state index contributed by atoms with van der Waals surface area (Å²) in [6, 6.07) is 14.1. The van der Waals surface area contributed by atoms with Crippen LogP contribution >= 0.6 is 23.1 Å². The van der Waals surface area contributed by atoms with E-state index in [4.69, 9.17) is 9.47 Å². The average Bonchev–Trinajstić information content (AvgIpc) is 3.15. The van der Waals surface area contributed by atoms with Gasteiger partial charge in [0, 0.05) is 16.0 Å². The van der Waals surface area contributed by atoms with Gasteiger partial charge >= 0.3 is 5.97 Å². The van der Waals surface area contributed by atoms with Crippen molar-refractivity contribution >= 4 is 34.9 Å². The summed E-state index contributed by atoms with van der Waals surface area (Å²) < 4.78 is 10.5. The molecule has 0 amide bonds. The van der Waals surface area contributed by atoms with E-state index in [1.165, 1.54) is 18.9 Å². The van der Waals surface area contributed by atoms with Crippen molar-refractivity contribution in [3.05, 3.63) is 75.7 Å². The van der Waals surface area contributed by atoms with Crippen LogP contribution in [0.15, 0.2) is 58.8 Å². The molecule has 0 saturated carbocycles. The summed E-state index contributed by atoms with van der Waals surface area (Å²) in [7, 11) is 1.50. The number of aryl methyl sites for hydroxylation is 1. The second kappa shape index (κ2) is 9.52. The molecular weight excluding hydrogens is 394 g/mol. The number of hydrogen-bond acceptors (Lipinski definition) is 7. The SMILES string of the molecule is COc1ccccc1C(=O)COC(=O)c1ccccc1SCc1csc(C)n1. The molecule has 0 bridgehead atoms. The van der Waals surface area contributed by atoms with Gasteiger partial charge in [0.25, 0.3) is 0 Å². The van der Waals surface area contributed by atoms with Crippen molar-refractivity contribution in [2.24, 2.45) is 0 Å². The van der Waals surface area contributed by atoms with E-state index < -0.39 is 5.97 Å². The maximum Gasteiger partial charge on any atom is 0.339 e. The van der Waals surface area contributed by atoms with Gasteiger partial charge in [0.15, 0.2) is 6.61 Å². The monoisotopic (exact) mass is 413 g/mol. The van der Waals surface area contributed by atoms with E-state index >= 15 is 0 Å². The maximum absolute atomic E-state index is 12.5. The Labute approximate surface area is 171 Å². The summed E-state index contributed by atoms with van der Waals surface area (Å²) in [4.78, 5) is 30.2. The first-order valence-corrected chi connectivity index (χ1v) is 10.4. The highest BCUT2D eigenvalue weighted by atomic mass is 32.2. The van der Waals surface area contributed by atoms with Crippen molar-refractivity contribution in [1.29, 1.82) is 0 Å². The summed E-state index contributed by atoms with van der Waals surface area (Å²) in [5, 5.41) is 3.02. The lowest BCUT2D eigenvalue weighted by Gasteiger charge is -2.10. The molecule has 0 N–H and O–H groups in total. The van der Waals surface area contributed by atoms with Crippen LogP contribution in [0.4, 0.5) is 0 Å². The number of rotatable bonds is 8. The molecule has 0 radical (unpaired) electrons. The first-order chi connectivity index (χ1) is 13.6. The molecule has 3 rings (SSSR count). The molecule has 28 heavy (non-hydrogen) atoms. The molecule has 0 unspecified atom stereocenters. The number of hydrogen-bond donors (Lipinski definition) is 0. The summed E-state index contributed by atoms with van der Waals surface area (Å²) in [6.45, 7) is 1.62. The van der Waals surface area contributed by atoms with Crippen LogP contribution in [0.1, 0.15) is 31.4 Å². The second-order valence-electron chi connectivity index (χ2n) is 5.84. The second-order valence-corrected chi connectivity index (χ2v) is 7.92. The molecule has 0 aliphatic rings. The predicted molar refractivity (Wildman–Crippen MR) is 110 cm³/mol. The van der Waals surface area contributed by atoms with Crippen LogP contribution in [-0.2, 0) is 10.5 Å². The normalized spacial score (nSPS) is 10.5. The smallest absolute Gasteiger partial charge is 0.339 e. The Hall–Kier alpha value is -2.64. The summed E-state index contributed by atoms with van der Waals surface area (Å²) >= 11 is 3.12. The molecular formula is C21H19NO4S2. The summed E-state index contributed by atoms with van der Waals surface area (Å²) in [5.41, 5.74) is 1.80. The number of carbonyl (C=O) groups is 2. The number of methoxy groups -OCH3 is 1. The van der Waals surface area contributed by atoms with Gasteiger partial charge in [-0.3, -0.25) is 4.79 Å². The lowest BCUT2D eigenvalue weighted by Crippen LogP contribution is -2.15. The molecule has 2 aromatic carbocycles. The van der Waals surface area contributed by atoms with Crippen LogP contribution in [0.5, 0.6) is 5.75 Å². The topological polar surface area (TPSA) is 65.5 Å². The van der Waals surface area contributed by atoms with Crippen molar-refractivity contribution < 1.29 is 19.1 Å². The highest BCUT2D eigenvalue weighted by Gasteiger charge is 2.17. The Kier molecular flexibility index (Phi) is 6.84. The van der Waals surface area contributed by atoms with Crippen LogP contribution in [-0.4, -0.2) is 30.5 Å². The van der Waals surface area contributed by atoms with Crippen LogP contribution in [0.3, 0.4) is 0 Å². The van der Waals surface area contributed by atoms with Gasteiger partial charge in [0.05, 0.1) is 28.9 Å². The number of Topliss-reactive ketones (excluding diaryl/α,β-unsaturated/α-hetero) is 1. The molecule has 7 heteroatoms. The minimum Gasteiger partial charge on any atom is -0.496 e. The number of thiazole rings is 1. The average molecular weight is 414 g/mol. The fraction of sp³-hybridized carbons (Fsp3) is 0.190. The van der Waals surface area contributed by atoms with Crippen LogP contribution < -0.4 is 4.74 Å². The minimum atomic E-state index is -0.527. The van der Waals surface area contributed by atoms with E-state index in [9.17, 15) is 9.59 Å². The largest absolute Gasteiger partial charge is 0.496 e. The van der Waals surface area contributed by atoms with E-state index in [1.807, 2.05) is 24.4 Å². The van der Waals surface area contributed by atoms with Crippen molar-refractivity contribution in [3.8, 4) is 5.75 Å². The zero-order chi connectivity index (χ0) is 19.9. The lowest BCUT2D eigenvalue weighted by atomic mass is 10.1. The molecule has 5 nitrogen and oxygen atoms in total. The number of aromatic nitrogens is 1. The Bertz CT molecular complexity index is 984. The van der Waals surface area contributed by atoms with E-state index in [-0.39, 0.29) is 12.4 Å². The first-order valence-electron chi connectivity index (χ1n) is 8.54. The Morgan fingerprint density at radius 3 is 2.50 bits per heavy atom. The molecule has 0 atom stereocenters. The van der Waals surface area contributed by atoms with Gasteiger partial charge in [-0.05, 0) is 31.2 Å². The number of para-hydroxylation sites is 1. The number of benzene rings is 2. The van der Waals surface area contributed by atoms with E-state index in [0.29, 0.717) is 22.6 Å². The number of ether oxygens (including phenoxy) is 2. The number of ketones is 1. The van der Waals surface area contributed by atoms with Crippen molar-refractivity contribution in [3.63, 3.8) is 0 Å². The minimum absolute atomic E-state index is 0.311. The molecule has 1 aromatic heterocycles. The quantitative estimate of drug-likeness (QED) is 0.300. The Balaban J connectivity index is 1.65. The van der Waals surface area contributed by atoms with Gasteiger partial charge in [-0.2, -0.15) is 0 Å².